The second-order valence-corrected chi connectivity index (χ2v) is 19.3. The maximum Gasteiger partial charge on any atom is 0.160 e. The molecule has 0 bridgehead atoms. The van der Waals surface area contributed by atoms with Gasteiger partial charge in [0, 0.05) is 43.7 Å². The van der Waals surface area contributed by atoms with Crippen molar-refractivity contribution in [2.24, 2.45) is 40.7 Å². The number of carbonyl (C=O) groups is 2. The number of phenolic OH excluding ortho intramolecular Hbond substituents is 1. The molecule has 9 heteroatoms. The van der Waals surface area contributed by atoms with Crippen LogP contribution in [0.3, 0.4) is 0 Å². The lowest BCUT2D eigenvalue weighted by Gasteiger charge is -2.51. The monoisotopic (exact) mass is 825 g/mol. The number of carbonyl (C=O) groups excluding carboxylic acids is 2. The molecule has 0 aromatic heterocycles. The number of methoxy groups -OCH3 is 1. The van der Waals surface area contributed by atoms with Gasteiger partial charge < -0.3 is 36.4 Å². The minimum absolute atomic E-state index is 0.0106. The van der Waals surface area contributed by atoms with Crippen molar-refractivity contribution in [3.63, 3.8) is 0 Å². The number of piperidine rings is 1. The number of aliphatic hydroxyl groups is 2. The average molecular weight is 826 g/mol. The Bertz CT molecular complexity index is 2270. The third-order valence-electron chi connectivity index (χ3n) is 15.9. The molecule has 11 atom stereocenters. The second-order valence-electron chi connectivity index (χ2n) is 19.3. The molecule has 3 aromatic rings. The van der Waals surface area contributed by atoms with Crippen LogP contribution >= 0.6 is 0 Å². The minimum Gasteiger partial charge on any atom is -0.504 e. The minimum atomic E-state index is -1.15. The number of aliphatic hydroxyl groups excluding tert-OH is 2. The Morgan fingerprint density at radius 1 is 0.951 bits per heavy atom. The van der Waals surface area contributed by atoms with Gasteiger partial charge in [-0.3, -0.25) is 9.59 Å². The zero-order valence-corrected chi connectivity index (χ0v) is 35.6. The van der Waals surface area contributed by atoms with Crippen molar-refractivity contribution in [2.75, 3.05) is 20.2 Å². The number of aryl methyl sites for hydroxylation is 1. The van der Waals surface area contributed by atoms with Gasteiger partial charge in [-0.05, 0) is 158 Å². The van der Waals surface area contributed by atoms with Gasteiger partial charge in [0.25, 0.3) is 0 Å². The summed E-state index contributed by atoms with van der Waals surface area (Å²) >= 11 is 0. The van der Waals surface area contributed by atoms with Crippen LogP contribution in [0.1, 0.15) is 112 Å². The van der Waals surface area contributed by atoms with Crippen molar-refractivity contribution in [1.29, 1.82) is 0 Å². The van der Waals surface area contributed by atoms with Crippen LogP contribution in [0.15, 0.2) is 78.1 Å². The molecule has 7 N–H and O–H groups in total. The zero-order valence-electron chi connectivity index (χ0n) is 35.6. The highest BCUT2D eigenvalue weighted by molar-refractivity contribution is 5.89. The Labute approximate surface area is 360 Å². The first kappa shape index (κ1) is 41.7. The summed E-state index contributed by atoms with van der Waals surface area (Å²) in [5.74, 6) is 10.6. The Morgan fingerprint density at radius 3 is 2.61 bits per heavy atom. The number of allylic oxidation sites excluding steroid dienone is 2. The Morgan fingerprint density at radius 2 is 1.79 bits per heavy atom. The number of ether oxygens (including phenoxy) is 1. The van der Waals surface area contributed by atoms with Crippen LogP contribution < -0.4 is 21.1 Å². The van der Waals surface area contributed by atoms with Crippen molar-refractivity contribution < 1.29 is 29.6 Å². The lowest BCUT2D eigenvalue weighted by atomic mass is 9.57. The molecule has 2 heterocycles. The van der Waals surface area contributed by atoms with Crippen LogP contribution in [0.4, 0.5) is 0 Å². The van der Waals surface area contributed by atoms with Gasteiger partial charge in [0.2, 0.25) is 0 Å². The molecule has 61 heavy (non-hydrogen) atoms. The van der Waals surface area contributed by atoms with E-state index in [-0.39, 0.29) is 29.8 Å². The van der Waals surface area contributed by atoms with E-state index in [1.807, 2.05) is 24.3 Å². The lowest BCUT2D eigenvalue weighted by molar-refractivity contribution is -0.135. The summed E-state index contributed by atoms with van der Waals surface area (Å²) in [6.45, 7) is 1.59. The Hall–Kier alpha value is -4.62. The fraction of sp³-hybridized carbons (Fsp3) is 0.538. The fourth-order valence-electron chi connectivity index (χ4n) is 12.6. The molecule has 9 rings (SSSR count). The van der Waals surface area contributed by atoms with Gasteiger partial charge in [0.05, 0.1) is 25.1 Å². The normalized spacial score (nSPS) is 32.2. The second kappa shape index (κ2) is 17.6. The summed E-state index contributed by atoms with van der Waals surface area (Å²) < 4.78 is 5.52. The standard InChI is InChI=1S/C52H63N3O6/c1-61-48-24-37-10-15-49(59)52(20-17-35(25-50(52)60)34-9-13-42-39(23-34)30-55-46-28-41(57)12-14-43(42)46)19-16-32(45(37)29-47(48)58)8-11-40(56)27-44(38-18-21-54-51(53)26-38)36-7-6-31-4-2-3-5-33(31)22-36/h2-7,18,22,24,26,29,32,34-35,39-40,42-44,46,50,54-56,58,60H,8-15,17,20-21,23,25,27-28,30,53H2,1H3/t32-,34-,35-,39-,40-,42-,43+,44-,46+,50+,52+/m0/s1. The first-order valence-electron chi connectivity index (χ1n) is 23.0. The largest absolute Gasteiger partial charge is 0.504 e. The van der Waals surface area contributed by atoms with E-state index < -0.39 is 17.6 Å². The molecular formula is C52H63N3O6. The predicted molar refractivity (Wildman–Crippen MR) is 238 cm³/mol. The van der Waals surface area contributed by atoms with E-state index in [0.717, 1.165) is 71.7 Å². The number of hydrogen-bond acceptors (Lipinski definition) is 9. The molecule has 0 radical (unpaired) electrons. The van der Waals surface area contributed by atoms with Crippen LogP contribution in [0, 0.1) is 46.8 Å². The molecule has 3 aromatic carbocycles. The molecule has 0 unspecified atom stereocenters. The molecule has 1 saturated heterocycles. The van der Waals surface area contributed by atoms with Gasteiger partial charge in [-0.2, -0.15) is 0 Å². The van der Waals surface area contributed by atoms with Gasteiger partial charge in [-0.1, -0.05) is 60.4 Å². The van der Waals surface area contributed by atoms with Gasteiger partial charge in [-0.25, -0.2) is 0 Å². The number of phenols is 1. The van der Waals surface area contributed by atoms with E-state index >= 15 is 0 Å². The summed E-state index contributed by atoms with van der Waals surface area (Å²) in [7, 11) is 1.53. The van der Waals surface area contributed by atoms with E-state index in [1.54, 1.807) is 6.07 Å². The number of fused-ring (bicyclic) bond motifs is 5. The highest BCUT2D eigenvalue weighted by Crippen LogP contribution is 2.52. The third kappa shape index (κ3) is 8.48. The van der Waals surface area contributed by atoms with Crippen molar-refractivity contribution >= 4 is 22.3 Å². The number of Topliss-reactive ketones (excluding diaryl/α,β-unsaturated/α-hetero) is 2. The number of ketones is 2. The van der Waals surface area contributed by atoms with Crippen molar-refractivity contribution in [3.8, 4) is 23.3 Å². The molecule has 6 aliphatic rings. The fourth-order valence-corrected chi connectivity index (χ4v) is 12.6. The molecule has 4 aliphatic carbocycles. The van der Waals surface area contributed by atoms with Crippen LogP contribution in [0.25, 0.3) is 10.8 Å². The van der Waals surface area contributed by atoms with Crippen LogP contribution in [-0.2, 0) is 16.0 Å². The number of aromatic hydroxyl groups is 1. The first-order chi connectivity index (χ1) is 29.6. The van der Waals surface area contributed by atoms with Crippen LogP contribution in [-0.4, -0.2) is 65.3 Å². The number of rotatable bonds is 9. The predicted octanol–water partition coefficient (Wildman–Crippen LogP) is 7.32. The number of dihydropyridines is 1. The molecule has 3 saturated carbocycles. The Kier molecular flexibility index (Phi) is 12.1. The maximum atomic E-state index is 14.4. The average Bonchev–Trinajstić information content (AvgIpc) is 3.32. The van der Waals surface area contributed by atoms with Gasteiger partial charge >= 0.3 is 0 Å². The van der Waals surface area contributed by atoms with Gasteiger partial charge in [0.15, 0.2) is 17.3 Å². The van der Waals surface area contributed by atoms with Gasteiger partial charge in [-0.15, -0.1) is 0 Å². The molecular weight excluding hydrogens is 763 g/mol. The smallest absolute Gasteiger partial charge is 0.160 e. The van der Waals surface area contributed by atoms with E-state index in [9.17, 15) is 24.9 Å². The van der Waals surface area contributed by atoms with E-state index in [2.05, 4.69) is 58.9 Å². The SMILES string of the molecule is COc1cc2c(cc1O)[C@@H](CC[C@H](O)C[C@H](C1=CCNC(N)=C1)c1ccc3ccccc3c1)C#C[C@@]1(CC[C@H]([C@H]3CC[C@H]4[C@H](CN[C@@H]5CC(=O)CC[C@H]45)C3)C[C@H]1O)C(=O)CC2. The quantitative estimate of drug-likeness (QED) is 0.122. The van der Waals surface area contributed by atoms with E-state index in [1.165, 1.54) is 13.5 Å². The molecule has 322 valence electrons. The summed E-state index contributed by atoms with van der Waals surface area (Å²) in [6.07, 6.45) is 12.6. The summed E-state index contributed by atoms with van der Waals surface area (Å²) in [5.41, 5.74) is 9.03. The van der Waals surface area contributed by atoms with Crippen molar-refractivity contribution in [1.82, 2.24) is 10.6 Å². The van der Waals surface area contributed by atoms with Gasteiger partial charge in [0.1, 0.15) is 11.2 Å². The van der Waals surface area contributed by atoms with E-state index in [4.69, 9.17) is 10.5 Å². The van der Waals surface area contributed by atoms with Crippen LogP contribution in [0.5, 0.6) is 11.5 Å². The summed E-state index contributed by atoms with van der Waals surface area (Å²) in [5, 5.41) is 44.3. The molecule has 9 nitrogen and oxygen atoms in total. The zero-order chi connectivity index (χ0) is 42.3. The summed E-state index contributed by atoms with van der Waals surface area (Å²) in [4.78, 5) is 26.6. The molecule has 1 spiro atoms. The number of nitrogens with two attached hydrogens (primary N) is 1. The van der Waals surface area contributed by atoms with Crippen LogP contribution in [0.2, 0.25) is 0 Å². The highest BCUT2D eigenvalue weighted by Gasteiger charge is 2.51. The molecule has 2 aliphatic heterocycles. The molecule has 4 fully saturated rings. The number of hydrogen-bond donors (Lipinski definition) is 6. The highest BCUT2D eigenvalue weighted by atomic mass is 16.5. The topological polar surface area (TPSA) is 154 Å². The first-order valence-corrected chi connectivity index (χ1v) is 23.0. The maximum absolute atomic E-state index is 14.4. The number of nitrogens with one attached hydrogen (secondary N) is 2. The Balaban J connectivity index is 0.939. The third-order valence-corrected chi connectivity index (χ3v) is 15.9. The summed E-state index contributed by atoms with van der Waals surface area (Å²) in [6, 6.07) is 18.7. The lowest BCUT2D eigenvalue weighted by Crippen LogP contribution is -2.55. The van der Waals surface area contributed by atoms with E-state index in [0.29, 0.717) is 104 Å². The van der Waals surface area contributed by atoms with Crippen molar-refractivity contribution in [2.45, 2.75) is 120 Å². The number of benzene rings is 3. The molecule has 0 amide bonds. The van der Waals surface area contributed by atoms with Crippen molar-refractivity contribution in [3.05, 3.63) is 94.8 Å².